The molecular weight excluding hydrogens is 448 g/mol. The third-order valence-electron chi connectivity index (χ3n) is 4.17. The highest BCUT2D eigenvalue weighted by Crippen LogP contribution is 2.17. The van der Waals surface area contributed by atoms with Gasteiger partial charge in [0.05, 0.1) is 92.5 Å². The molecule has 10 heteroatoms. The largest absolute Gasteiger partial charge is 0.491 e. The molecule has 34 heavy (non-hydrogen) atoms. The van der Waals surface area contributed by atoms with Crippen LogP contribution in [0.25, 0.3) is 0 Å². The summed E-state index contributed by atoms with van der Waals surface area (Å²) in [5.74, 6) is 1.53. The van der Waals surface area contributed by atoms with Crippen LogP contribution in [0.5, 0.6) is 11.5 Å². The maximum absolute atomic E-state index is 5.65. The summed E-state index contributed by atoms with van der Waals surface area (Å²) in [4.78, 5) is 0. The molecule has 198 valence electrons. The van der Waals surface area contributed by atoms with E-state index in [9.17, 15) is 0 Å². The zero-order chi connectivity index (χ0) is 24.4. The maximum Gasteiger partial charge on any atom is 0.119 e. The van der Waals surface area contributed by atoms with Crippen LogP contribution in [0.4, 0.5) is 0 Å². The summed E-state index contributed by atoms with van der Waals surface area (Å²) in [6.07, 6.45) is 0. The summed E-state index contributed by atoms with van der Waals surface area (Å²) >= 11 is 0. The molecule has 1 aromatic rings. The van der Waals surface area contributed by atoms with Crippen LogP contribution in [-0.4, -0.2) is 120 Å². The molecule has 0 bridgehead atoms. The van der Waals surface area contributed by atoms with Crippen LogP contribution in [0.15, 0.2) is 24.3 Å². The molecule has 0 aliphatic carbocycles. The van der Waals surface area contributed by atoms with Crippen molar-refractivity contribution in [3.05, 3.63) is 24.3 Å². The molecule has 10 nitrogen and oxygen atoms in total. The summed E-state index contributed by atoms with van der Waals surface area (Å²) in [5.41, 5.74) is 0. The van der Waals surface area contributed by atoms with Gasteiger partial charge in [0.1, 0.15) is 24.7 Å². The molecule has 0 amide bonds. The van der Waals surface area contributed by atoms with Crippen molar-refractivity contribution in [3.63, 3.8) is 0 Å². The summed E-state index contributed by atoms with van der Waals surface area (Å²) in [6, 6.07) is 7.47. The van der Waals surface area contributed by atoms with Crippen molar-refractivity contribution in [2.24, 2.45) is 0 Å². The van der Waals surface area contributed by atoms with Crippen LogP contribution in [0.3, 0.4) is 0 Å². The minimum Gasteiger partial charge on any atom is -0.491 e. The number of hydrogen-bond acceptors (Lipinski definition) is 10. The molecule has 0 heterocycles. The SMILES string of the molecule is COCCOCCOCCOCCOc1ccc(OCCOCCOCCOCCOC)cc1. The average Bonchev–Trinajstić information content (AvgIpc) is 2.86. The van der Waals surface area contributed by atoms with E-state index < -0.39 is 0 Å². The second-order valence-corrected chi connectivity index (χ2v) is 6.83. The van der Waals surface area contributed by atoms with Crippen LogP contribution in [0.1, 0.15) is 0 Å². The van der Waals surface area contributed by atoms with Gasteiger partial charge in [-0.15, -0.1) is 0 Å². The molecule has 0 saturated carbocycles. The molecule has 0 atom stereocenters. The van der Waals surface area contributed by atoms with Crippen molar-refractivity contribution in [2.45, 2.75) is 0 Å². The predicted molar refractivity (Wildman–Crippen MR) is 126 cm³/mol. The molecule has 0 aromatic heterocycles. The molecule has 1 aromatic carbocycles. The Hall–Kier alpha value is -1.50. The van der Waals surface area contributed by atoms with E-state index in [0.717, 1.165) is 11.5 Å². The Bertz CT molecular complexity index is 482. The third kappa shape index (κ3) is 19.9. The summed E-state index contributed by atoms with van der Waals surface area (Å²) in [5, 5.41) is 0. The predicted octanol–water partition coefficient (Wildman–Crippen LogP) is 1.84. The minimum atomic E-state index is 0.468. The summed E-state index contributed by atoms with van der Waals surface area (Å²) in [7, 11) is 3.29. The van der Waals surface area contributed by atoms with E-state index in [4.69, 9.17) is 47.4 Å². The van der Waals surface area contributed by atoms with Crippen molar-refractivity contribution < 1.29 is 47.4 Å². The third-order valence-corrected chi connectivity index (χ3v) is 4.17. The van der Waals surface area contributed by atoms with E-state index in [1.807, 2.05) is 24.3 Å². The van der Waals surface area contributed by atoms with E-state index in [1.54, 1.807) is 14.2 Å². The Kier molecular flexibility index (Phi) is 22.1. The van der Waals surface area contributed by atoms with E-state index in [-0.39, 0.29) is 0 Å². The lowest BCUT2D eigenvalue weighted by Gasteiger charge is -2.10. The lowest BCUT2D eigenvalue weighted by molar-refractivity contribution is 0.0000373. The van der Waals surface area contributed by atoms with Crippen molar-refractivity contribution in [2.75, 3.05) is 120 Å². The Morgan fingerprint density at radius 3 is 0.853 bits per heavy atom. The zero-order valence-electron chi connectivity index (χ0n) is 20.7. The van der Waals surface area contributed by atoms with Crippen molar-refractivity contribution in [3.8, 4) is 11.5 Å². The van der Waals surface area contributed by atoms with Gasteiger partial charge in [-0.25, -0.2) is 0 Å². The van der Waals surface area contributed by atoms with Crippen molar-refractivity contribution >= 4 is 0 Å². The fraction of sp³-hybridized carbons (Fsp3) is 0.750. The van der Waals surface area contributed by atoms with E-state index in [0.29, 0.717) is 106 Å². The van der Waals surface area contributed by atoms with Gasteiger partial charge in [-0.1, -0.05) is 0 Å². The molecule has 0 saturated heterocycles. The number of hydrogen-bond donors (Lipinski definition) is 0. The monoisotopic (exact) mass is 490 g/mol. The molecule has 0 aliphatic heterocycles. The second-order valence-electron chi connectivity index (χ2n) is 6.83. The molecular formula is C24H42O10. The quantitative estimate of drug-likeness (QED) is 0.179. The van der Waals surface area contributed by atoms with Crippen LogP contribution >= 0.6 is 0 Å². The van der Waals surface area contributed by atoms with Crippen LogP contribution in [0, 0.1) is 0 Å². The van der Waals surface area contributed by atoms with Crippen LogP contribution < -0.4 is 9.47 Å². The number of ether oxygens (including phenoxy) is 10. The normalized spacial score (nSPS) is 11.1. The molecule has 0 spiro atoms. The van der Waals surface area contributed by atoms with E-state index in [2.05, 4.69) is 0 Å². The smallest absolute Gasteiger partial charge is 0.119 e. The highest BCUT2D eigenvalue weighted by molar-refractivity contribution is 5.31. The van der Waals surface area contributed by atoms with Gasteiger partial charge in [-0.3, -0.25) is 0 Å². The lowest BCUT2D eigenvalue weighted by atomic mass is 10.3. The highest BCUT2D eigenvalue weighted by Gasteiger charge is 1.98. The number of methoxy groups -OCH3 is 2. The Labute approximate surface area is 203 Å². The molecule has 0 unspecified atom stereocenters. The van der Waals surface area contributed by atoms with Gasteiger partial charge < -0.3 is 47.4 Å². The molecule has 1 rings (SSSR count). The lowest BCUT2D eigenvalue weighted by Crippen LogP contribution is -2.13. The van der Waals surface area contributed by atoms with Gasteiger partial charge >= 0.3 is 0 Å². The van der Waals surface area contributed by atoms with Crippen LogP contribution in [-0.2, 0) is 37.9 Å². The summed E-state index contributed by atoms with van der Waals surface area (Å²) in [6.45, 7) is 8.58. The van der Waals surface area contributed by atoms with Gasteiger partial charge in [-0.2, -0.15) is 0 Å². The number of rotatable bonds is 26. The van der Waals surface area contributed by atoms with E-state index >= 15 is 0 Å². The average molecular weight is 491 g/mol. The standard InChI is InChI=1S/C24H42O10/c1-25-7-9-27-11-13-29-15-17-31-19-21-33-23-3-5-24(6-4-23)34-22-20-32-18-16-30-14-12-28-10-8-26-2/h3-6H,7-22H2,1-2H3. The van der Waals surface area contributed by atoms with Crippen molar-refractivity contribution in [1.29, 1.82) is 0 Å². The first-order chi connectivity index (χ1) is 16.9. The van der Waals surface area contributed by atoms with Crippen LogP contribution in [0.2, 0.25) is 0 Å². The van der Waals surface area contributed by atoms with Gasteiger partial charge in [0.25, 0.3) is 0 Å². The van der Waals surface area contributed by atoms with Gasteiger partial charge in [0, 0.05) is 14.2 Å². The highest BCUT2D eigenvalue weighted by atomic mass is 16.6. The minimum absolute atomic E-state index is 0.468. The van der Waals surface area contributed by atoms with Gasteiger partial charge in [-0.05, 0) is 24.3 Å². The Morgan fingerprint density at radius 2 is 0.588 bits per heavy atom. The van der Waals surface area contributed by atoms with Gasteiger partial charge in [0.2, 0.25) is 0 Å². The Morgan fingerprint density at radius 1 is 0.353 bits per heavy atom. The Balaban J connectivity index is 1.87. The fourth-order valence-corrected chi connectivity index (χ4v) is 2.44. The topological polar surface area (TPSA) is 92.3 Å². The first kappa shape index (κ1) is 30.5. The van der Waals surface area contributed by atoms with Crippen molar-refractivity contribution in [1.82, 2.24) is 0 Å². The fourth-order valence-electron chi connectivity index (χ4n) is 2.44. The summed E-state index contributed by atoms with van der Waals surface area (Å²) < 4.78 is 53.5. The molecule has 0 radical (unpaired) electrons. The number of benzene rings is 1. The molecule has 0 aliphatic rings. The second kappa shape index (κ2) is 24.6. The van der Waals surface area contributed by atoms with Gasteiger partial charge in [0.15, 0.2) is 0 Å². The maximum atomic E-state index is 5.65. The first-order valence-electron chi connectivity index (χ1n) is 11.7. The van der Waals surface area contributed by atoms with E-state index in [1.165, 1.54) is 0 Å². The first-order valence-corrected chi connectivity index (χ1v) is 11.7. The molecule has 0 fully saturated rings. The molecule has 0 N–H and O–H groups in total. The zero-order valence-corrected chi connectivity index (χ0v) is 20.7.